The van der Waals surface area contributed by atoms with E-state index in [1.807, 2.05) is 36.4 Å². The van der Waals surface area contributed by atoms with Crippen LogP contribution >= 0.6 is 0 Å². The first kappa shape index (κ1) is 15.6. The molecule has 5 nitrogen and oxygen atoms in total. The average Bonchev–Trinajstić information content (AvgIpc) is 3.02. The van der Waals surface area contributed by atoms with Crippen molar-refractivity contribution in [2.24, 2.45) is 0 Å². The molecule has 1 fully saturated rings. The van der Waals surface area contributed by atoms with Gasteiger partial charge in [0.05, 0.1) is 13.7 Å². The second-order valence-corrected chi connectivity index (χ2v) is 5.17. The standard InChI is InChI=1S/C19H16N2O3/c1-14(23-2)17-13-21(19(22)24-17)18-11-10-16(12-20-18)9-8-15-6-4-3-5-7-15/h3-7,10-12,17H,1,13H2,2H3. The van der Waals surface area contributed by atoms with Crippen LogP contribution in [0.5, 0.6) is 0 Å². The molecule has 24 heavy (non-hydrogen) atoms. The largest absolute Gasteiger partial charge is 0.498 e. The minimum atomic E-state index is -0.484. The molecule has 1 amide bonds. The minimum absolute atomic E-state index is 0.327. The lowest BCUT2D eigenvalue weighted by Gasteiger charge is -2.12. The highest BCUT2D eigenvalue weighted by Gasteiger charge is 2.35. The highest BCUT2D eigenvalue weighted by atomic mass is 16.6. The molecular formula is C19H16N2O3. The third-order valence-corrected chi connectivity index (χ3v) is 3.58. The number of anilines is 1. The van der Waals surface area contributed by atoms with Crippen molar-refractivity contribution in [3.05, 3.63) is 72.1 Å². The van der Waals surface area contributed by atoms with E-state index >= 15 is 0 Å². The zero-order valence-electron chi connectivity index (χ0n) is 13.2. The van der Waals surface area contributed by atoms with E-state index in [2.05, 4.69) is 23.4 Å². The van der Waals surface area contributed by atoms with Crippen LogP contribution in [0.15, 0.2) is 61.0 Å². The number of aromatic nitrogens is 1. The van der Waals surface area contributed by atoms with Crippen LogP contribution < -0.4 is 4.90 Å². The maximum absolute atomic E-state index is 11.9. The molecule has 1 unspecified atom stereocenters. The van der Waals surface area contributed by atoms with Crippen molar-refractivity contribution in [1.29, 1.82) is 0 Å². The third kappa shape index (κ3) is 3.39. The van der Waals surface area contributed by atoms with E-state index in [0.717, 1.165) is 11.1 Å². The molecule has 1 aromatic carbocycles. The Labute approximate surface area is 140 Å². The van der Waals surface area contributed by atoms with Crippen LogP contribution in [0, 0.1) is 11.8 Å². The predicted octanol–water partition coefficient (Wildman–Crippen LogP) is 2.97. The van der Waals surface area contributed by atoms with Crippen molar-refractivity contribution >= 4 is 11.9 Å². The lowest BCUT2D eigenvalue weighted by Crippen LogP contribution is -2.25. The Bertz CT molecular complexity index is 804. The summed E-state index contributed by atoms with van der Waals surface area (Å²) in [4.78, 5) is 17.7. The van der Waals surface area contributed by atoms with E-state index in [9.17, 15) is 4.79 Å². The Hall–Kier alpha value is -3.26. The number of carbonyl (C=O) groups is 1. The SMILES string of the molecule is C=C(OC)C1CN(c2ccc(C#Cc3ccccc3)cn2)C(=O)O1. The molecule has 0 bridgehead atoms. The van der Waals surface area contributed by atoms with Gasteiger partial charge in [0.15, 0.2) is 6.10 Å². The van der Waals surface area contributed by atoms with E-state index in [4.69, 9.17) is 9.47 Å². The van der Waals surface area contributed by atoms with Crippen molar-refractivity contribution in [1.82, 2.24) is 4.98 Å². The lowest BCUT2D eigenvalue weighted by atomic mass is 10.2. The summed E-state index contributed by atoms with van der Waals surface area (Å²) in [5, 5.41) is 0. The molecule has 2 heterocycles. The van der Waals surface area contributed by atoms with Gasteiger partial charge in [-0.1, -0.05) is 36.6 Å². The van der Waals surface area contributed by atoms with Crippen LogP contribution in [-0.2, 0) is 9.47 Å². The number of amides is 1. The van der Waals surface area contributed by atoms with Gasteiger partial charge in [-0.25, -0.2) is 9.78 Å². The first-order valence-corrected chi connectivity index (χ1v) is 7.41. The number of cyclic esters (lactones) is 1. The fraction of sp³-hybridized carbons (Fsp3) is 0.158. The Balaban J connectivity index is 1.72. The zero-order chi connectivity index (χ0) is 16.9. The van der Waals surface area contributed by atoms with Crippen molar-refractivity contribution < 1.29 is 14.3 Å². The molecule has 1 aliphatic heterocycles. The topological polar surface area (TPSA) is 51.7 Å². The summed E-state index contributed by atoms with van der Waals surface area (Å²) < 4.78 is 10.2. The Kier molecular flexibility index (Phi) is 4.48. The van der Waals surface area contributed by atoms with Crippen LogP contribution in [0.2, 0.25) is 0 Å². The summed E-state index contributed by atoms with van der Waals surface area (Å²) in [6.07, 6.45) is 0.687. The van der Waals surface area contributed by atoms with Gasteiger partial charge >= 0.3 is 6.09 Å². The van der Waals surface area contributed by atoms with Gasteiger partial charge in [-0.2, -0.15) is 0 Å². The van der Waals surface area contributed by atoms with E-state index in [1.165, 1.54) is 12.0 Å². The summed E-state index contributed by atoms with van der Waals surface area (Å²) in [6.45, 7) is 4.05. The molecule has 1 saturated heterocycles. The van der Waals surface area contributed by atoms with E-state index in [-0.39, 0.29) is 0 Å². The van der Waals surface area contributed by atoms with Crippen LogP contribution in [-0.4, -0.2) is 30.8 Å². The smallest absolute Gasteiger partial charge is 0.416 e. The fourth-order valence-electron chi connectivity index (χ4n) is 2.23. The molecule has 1 aliphatic rings. The predicted molar refractivity (Wildman–Crippen MR) is 90.4 cm³/mol. The van der Waals surface area contributed by atoms with Gasteiger partial charge in [0.1, 0.15) is 11.6 Å². The van der Waals surface area contributed by atoms with Gasteiger partial charge < -0.3 is 9.47 Å². The third-order valence-electron chi connectivity index (χ3n) is 3.58. The molecule has 0 spiro atoms. The van der Waals surface area contributed by atoms with E-state index in [0.29, 0.717) is 18.1 Å². The van der Waals surface area contributed by atoms with Gasteiger partial charge in [0.2, 0.25) is 0 Å². The normalized spacial score (nSPS) is 16.1. The molecule has 3 rings (SSSR count). The van der Waals surface area contributed by atoms with Gasteiger partial charge in [-0.15, -0.1) is 0 Å². The number of pyridine rings is 1. The zero-order valence-corrected chi connectivity index (χ0v) is 13.2. The Morgan fingerprint density at radius 2 is 2.00 bits per heavy atom. The number of carbonyl (C=O) groups excluding carboxylic acids is 1. The summed E-state index contributed by atoms with van der Waals surface area (Å²) in [7, 11) is 1.50. The number of nitrogens with zero attached hydrogens (tertiary/aromatic N) is 2. The average molecular weight is 320 g/mol. The molecule has 0 N–H and O–H groups in total. The second-order valence-electron chi connectivity index (χ2n) is 5.17. The van der Waals surface area contributed by atoms with Gasteiger partial charge in [0, 0.05) is 17.3 Å². The molecule has 0 aliphatic carbocycles. The van der Waals surface area contributed by atoms with E-state index in [1.54, 1.807) is 12.3 Å². The molecule has 120 valence electrons. The van der Waals surface area contributed by atoms with Crippen LogP contribution in [0.1, 0.15) is 11.1 Å². The summed E-state index contributed by atoms with van der Waals surface area (Å²) in [5.74, 6) is 7.03. The Morgan fingerprint density at radius 3 is 2.67 bits per heavy atom. The number of hydrogen-bond donors (Lipinski definition) is 0. The fourth-order valence-corrected chi connectivity index (χ4v) is 2.23. The maximum Gasteiger partial charge on any atom is 0.416 e. The van der Waals surface area contributed by atoms with Crippen LogP contribution in [0.3, 0.4) is 0 Å². The number of benzene rings is 1. The first-order valence-electron chi connectivity index (χ1n) is 7.41. The number of methoxy groups -OCH3 is 1. The lowest BCUT2D eigenvalue weighted by molar-refractivity contribution is 0.120. The van der Waals surface area contributed by atoms with Crippen molar-refractivity contribution in [3.63, 3.8) is 0 Å². The number of hydrogen-bond acceptors (Lipinski definition) is 4. The molecule has 1 aromatic heterocycles. The van der Waals surface area contributed by atoms with Crippen LogP contribution in [0.4, 0.5) is 10.6 Å². The minimum Gasteiger partial charge on any atom is -0.498 e. The molecule has 0 saturated carbocycles. The van der Waals surface area contributed by atoms with Gasteiger partial charge in [0.25, 0.3) is 0 Å². The maximum atomic E-state index is 11.9. The quantitative estimate of drug-likeness (QED) is 0.644. The molecule has 2 aromatic rings. The number of ether oxygens (including phenoxy) is 2. The summed E-state index contributed by atoms with van der Waals surface area (Å²) >= 11 is 0. The van der Waals surface area contributed by atoms with Crippen LogP contribution in [0.25, 0.3) is 0 Å². The molecule has 1 atom stereocenters. The highest BCUT2D eigenvalue weighted by molar-refractivity contribution is 5.88. The Morgan fingerprint density at radius 1 is 1.25 bits per heavy atom. The number of rotatable bonds is 3. The van der Waals surface area contributed by atoms with Crippen molar-refractivity contribution in [2.75, 3.05) is 18.6 Å². The monoisotopic (exact) mass is 320 g/mol. The first-order chi connectivity index (χ1) is 11.7. The van der Waals surface area contributed by atoms with Crippen molar-refractivity contribution in [2.45, 2.75) is 6.10 Å². The highest BCUT2D eigenvalue weighted by Crippen LogP contribution is 2.22. The molecule has 5 heteroatoms. The summed E-state index contributed by atoms with van der Waals surface area (Å²) in [5.41, 5.74) is 1.71. The summed E-state index contributed by atoms with van der Waals surface area (Å²) in [6, 6.07) is 13.3. The van der Waals surface area contributed by atoms with Gasteiger partial charge in [-0.05, 0) is 24.3 Å². The van der Waals surface area contributed by atoms with Gasteiger partial charge in [-0.3, -0.25) is 4.90 Å². The van der Waals surface area contributed by atoms with Crippen molar-refractivity contribution in [3.8, 4) is 11.8 Å². The molecular weight excluding hydrogens is 304 g/mol. The van der Waals surface area contributed by atoms with E-state index < -0.39 is 12.2 Å². The second kappa shape index (κ2) is 6.88. The molecule has 0 radical (unpaired) electrons.